The molecular weight excluding hydrogens is 807 g/mol. The second-order valence-corrected chi connectivity index (χ2v) is 17.9. The first kappa shape index (κ1) is 38.9. The Morgan fingerprint density at radius 3 is 1.15 bits per heavy atom. The van der Waals surface area contributed by atoms with Crippen LogP contribution >= 0.6 is 0 Å². The van der Waals surface area contributed by atoms with Crippen LogP contribution in [0.1, 0.15) is 44.5 Å². The van der Waals surface area contributed by atoms with Gasteiger partial charge in [0.15, 0.2) is 0 Å². The Kier molecular flexibility index (Phi) is 9.05. The largest absolute Gasteiger partial charge is 0.310 e. The van der Waals surface area contributed by atoms with E-state index in [9.17, 15) is 0 Å². The quantitative estimate of drug-likeness (QED) is 0.147. The van der Waals surface area contributed by atoms with Crippen molar-refractivity contribution in [1.29, 1.82) is 0 Å². The topological polar surface area (TPSA) is 3.24 Å². The zero-order chi connectivity index (χ0) is 44.4. The highest BCUT2D eigenvalue weighted by molar-refractivity contribution is 5.97. The van der Waals surface area contributed by atoms with Crippen molar-refractivity contribution in [3.63, 3.8) is 0 Å². The Morgan fingerprint density at radius 1 is 0.239 bits per heavy atom. The van der Waals surface area contributed by atoms with Crippen molar-refractivity contribution in [2.75, 3.05) is 4.90 Å². The molecule has 0 saturated carbocycles. The second kappa shape index (κ2) is 15.6. The fourth-order valence-electron chi connectivity index (χ4n) is 11.9. The van der Waals surface area contributed by atoms with Crippen LogP contribution < -0.4 is 4.90 Å². The number of fused-ring (bicyclic) bond motifs is 7. The van der Waals surface area contributed by atoms with Gasteiger partial charge >= 0.3 is 0 Å². The fraction of sp³-hybridized carbons (Fsp3) is 0.0303. The third-order valence-corrected chi connectivity index (χ3v) is 14.6. The molecule has 0 radical (unpaired) electrons. The lowest BCUT2D eigenvalue weighted by atomic mass is 9.67. The van der Waals surface area contributed by atoms with E-state index in [0.29, 0.717) is 0 Å². The second-order valence-electron chi connectivity index (χ2n) is 17.9. The molecule has 0 N–H and O–H groups in total. The number of rotatable bonds is 8. The normalized spacial score (nSPS) is 13.6. The molecule has 0 heterocycles. The summed E-state index contributed by atoms with van der Waals surface area (Å²) in [6.07, 6.45) is 0. The minimum absolute atomic E-state index is 0.484. The molecule has 1 nitrogen and oxygen atoms in total. The highest BCUT2D eigenvalue weighted by Gasteiger charge is 2.47. The predicted molar refractivity (Wildman–Crippen MR) is 279 cm³/mol. The minimum Gasteiger partial charge on any atom is -0.310 e. The molecule has 0 atom stereocenters. The van der Waals surface area contributed by atoms with Crippen molar-refractivity contribution in [3.8, 4) is 33.4 Å². The van der Waals surface area contributed by atoms with Crippen LogP contribution in [0.2, 0.25) is 0 Å². The number of nitrogens with zero attached hydrogens (tertiary/aromatic N) is 1. The Hall–Kier alpha value is -8.52. The van der Waals surface area contributed by atoms with Gasteiger partial charge in [0.1, 0.15) is 0 Å². The number of benzene rings is 11. The molecule has 314 valence electrons. The summed E-state index contributed by atoms with van der Waals surface area (Å²) in [5.41, 5.74) is 20.0. The molecule has 0 bridgehead atoms. The molecule has 0 spiro atoms. The van der Waals surface area contributed by atoms with E-state index in [1.165, 1.54) is 88.7 Å². The molecule has 0 fully saturated rings. The number of anilines is 3. The summed E-state index contributed by atoms with van der Waals surface area (Å²) in [5.74, 6) is 0. The van der Waals surface area contributed by atoms with Gasteiger partial charge in [-0.2, -0.15) is 0 Å². The lowest BCUT2D eigenvalue weighted by Crippen LogP contribution is -2.29. The molecule has 0 aromatic heterocycles. The monoisotopic (exact) mass is 851 g/mol. The van der Waals surface area contributed by atoms with E-state index in [2.05, 4.69) is 278 Å². The van der Waals surface area contributed by atoms with Gasteiger partial charge in [-0.05, 0) is 125 Å². The summed E-state index contributed by atoms with van der Waals surface area (Å²) in [6, 6.07) is 101. The highest BCUT2D eigenvalue weighted by Crippen LogP contribution is 2.59. The van der Waals surface area contributed by atoms with Crippen molar-refractivity contribution in [1.82, 2.24) is 0 Å². The summed E-state index contributed by atoms with van der Waals surface area (Å²) < 4.78 is 0. The third kappa shape index (κ3) is 5.81. The van der Waals surface area contributed by atoms with Crippen molar-refractivity contribution >= 4 is 27.8 Å². The van der Waals surface area contributed by atoms with Crippen LogP contribution in [0.25, 0.3) is 44.2 Å². The molecule has 0 aliphatic heterocycles. The average molecular weight is 852 g/mol. The summed E-state index contributed by atoms with van der Waals surface area (Å²) in [6.45, 7) is 0. The Bertz CT molecular complexity index is 3520. The van der Waals surface area contributed by atoms with E-state index in [0.717, 1.165) is 17.1 Å². The molecule has 13 rings (SSSR count). The third-order valence-electron chi connectivity index (χ3n) is 14.6. The maximum atomic E-state index is 2.47. The number of hydrogen-bond acceptors (Lipinski definition) is 1. The lowest BCUT2D eigenvalue weighted by molar-refractivity contribution is 0.768. The standard InChI is InChI=1S/C66H45N/c1-4-21-48(22-5-1)65(61-32-15-12-28-57(61)58-29-13-16-33-62(58)65)51-37-41-53(42-38-51)67(52-39-35-47(36-40-52)56-31-18-20-46-19-10-11-27-55(46)56)54-43-44-60-59-30-14-17-34-63(59)66(64(60)45-54,49-23-6-2-7-24-49)50-25-8-3-9-26-50/h1-45H. The van der Waals surface area contributed by atoms with E-state index in [1.807, 2.05) is 0 Å². The fourth-order valence-corrected chi connectivity index (χ4v) is 11.9. The first-order chi connectivity index (χ1) is 33.2. The molecule has 2 aliphatic carbocycles. The van der Waals surface area contributed by atoms with E-state index in [1.54, 1.807) is 0 Å². The molecular formula is C66H45N. The molecule has 0 saturated heterocycles. The molecule has 11 aromatic rings. The molecule has 0 amide bonds. The summed E-state index contributed by atoms with van der Waals surface area (Å²) in [4.78, 5) is 2.45. The van der Waals surface area contributed by atoms with Crippen LogP contribution in [-0.2, 0) is 10.8 Å². The van der Waals surface area contributed by atoms with Crippen molar-refractivity contribution in [2.24, 2.45) is 0 Å². The first-order valence-corrected chi connectivity index (χ1v) is 23.3. The molecule has 1 heteroatoms. The van der Waals surface area contributed by atoms with Gasteiger partial charge in [0, 0.05) is 17.1 Å². The average Bonchev–Trinajstić information content (AvgIpc) is 3.88. The van der Waals surface area contributed by atoms with E-state index < -0.39 is 10.8 Å². The van der Waals surface area contributed by atoms with Gasteiger partial charge < -0.3 is 4.90 Å². The van der Waals surface area contributed by atoms with Gasteiger partial charge in [-0.15, -0.1) is 0 Å². The number of hydrogen-bond donors (Lipinski definition) is 0. The van der Waals surface area contributed by atoms with E-state index in [4.69, 9.17) is 0 Å². The summed E-state index contributed by atoms with van der Waals surface area (Å²) >= 11 is 0. The van der Waals surface area contributed by atoms with E-state index >= 15 is 0 Å². The van der Waals surface area contributed by atoms with Gasteiger partial charge in [-0.3, -0.25) is 0 Å². The SMILES string of the molecule is c1ccc(C2(c3ccc(N(c4ccc(-c5cccc6ccccc56)cc4)c4ccc5c(c4)C(c4ccccc4)(c4ccccc4)c4ccccc4-5)cc3)c3ccccc3-c3ccccc32)cc1. The highest BCUT2D eigenvalue weighted by atomic mass is 15.1. The van der Waals surface area contributed by atoms with Gasteiger partial charge in [-0.25, -0.2) is 0 Å². The maximum absolute atomic E-state index is 2.47. The Morgan fingerprint density at radius 2 is 0.612 bits per heavy atom. The first-order valence-electron chi connectivity index (χ1n) is 23.3. The Balaban J connectivity index is 1.03. The van der Waals surface area contributed by atoms with Gasteiger partial charge in [0.05, 0.1) is 10.8 Å². The Labute approximate surface area is 392 Å². The van der Waals surface area contributed by atoms with Gasteiger partial charge in [-0.1, -0.05) is 237 Å². The zero-order valence-corrected chi connectivity index (χ0v) is 36.9. The van der Waals surface area contributed by atoms with Crippen LogP contribution in [-0.4, -0.2) is 0 Å². The molecule has 11 aromatic carbocycles. The predicted octanol–water partition coefficient (Wildman–Crippen LogP) is 16.7. The minimum atomic E-state index is -0.524. The van der Waals surface area contributed by atoms with Crippen LogP contribution in [0.5, 0.6) is 0 Å². The van der Waals surface area contributed by atoms with Crippen molar-refractivity contribution in [2.45, 2.75) is 10.8 Å². The van der Waals surface area contributed by atoms with Gasteiger partial charge in [0.25, 0.3) is 0 Å². The zero-order valence-electron chi connectivity index (χ0n) is 36.9. The van der Waals surface area contributed by atoms with Crippen molar-refractivity contribution < 1.29 is 0 Å². The van der Waals surface area contributed by atoms with Crippen LogP contribution in [0.15, 0.2) is 273 Å². The summed E-state index contributed by atoms with van der Waals surface area (Å²) in [5, 5.41) is 2.50. The lowest BCUT2D eigenvalue weighted by Gasteiger charge is -2.35. The summed E-state index contributed by atoms with van der Waals surface area (Å²) in [7, 11) is 0. The smallest absolute Gasteiger partial charge is 0.0714 e. The van der Waals surface area contributed by atoms with E-state index in [-0.39, 0.29) is 0 Å². The molecule has 67 heavy (non-hydrogen) atoms. The van der Waals surface area contributed by atoms with Crippen LogP contribution in [0.3, 0.4) is 0 Å². The van der Waals surface area contributed by atoms with Crippen LogP contribution in [0, 0.1) is 0 Å². The van der Waals surface area contributed by atoms with Crippen molar-refractivity contribution in [3.05, 3.63) is 317 Å². The molecule has 0 unspecified atom stereocenters. The maximum Gasteiger partial charge on any atom is 0.0714 e. The van der Waals surface area contributed by atoms with Gasteiger partial charge in [0.2, 0.25) is 0 Å². The molecule has 2 aliphatic rings. The van der Waals surface area contributed by atoms with Crippen LogP contribution in [0.4, 0.5) is 17.1 Å².